The highest BCUT2D eigenvalue weighted by Crippen LogP contribution is 2.16. The average Bonchev–Trinajstić information content (AvgIpc) is 2.58. The summed E-state index contributed by atoms with van der Waals surface area (Å²) in [5, 5.41) is 2.81. The lowest BCUT2D eigenvalue weighted by Gasteiger charge is -2.33. The molecular formula is C16H22Cl2N6O. The summed E-state index contributed by atoms with van der Waals surface area (Å²) >= 11 is 0. The molecule has 0 bridgehead atoms. The maximum absolute atomic E-state index is 12.4. The normalized spacial score (nSPS) is 14.2. The SMILES string of the molecule is CN1CCN(c2cc(C(=O)Nc3ccc(N)nc3)ccn2)CC1.Cl.Cl. The molecule has 3 N–H and O–H groups in total. The van der Waals surface area contributed by atoms with Gasteiger partial charge in [-0.2, -0.15) is 0 Å². The Bertz CT molecular complexity index is 689. The third-order valence-corrected chi connectivity index (χ3v) is 3.88. The van der Waals surface area contributed by atoms with E-state index in [1.165, 1.54) is 6.20 Å². The molecule has 1 fully saturated rings. The lowest BCUT2D eigenvalue weighted by Crippen LogP contribution is -2.44. The number of carbonyl (C=O) groups is 1. The van der Waals surface area contributed by atoms with Crippen molar-refractivity contribution in [2.24, 2.45) is 0 Å². The maximum Gasteiger partial charge on any atom is 0.255 e. The lowest BCUT2D eigenvalue weighted by atomic mass is 10.2. The monoisotopic (exact) mass is 384 g/mol. The molecule has 2 aromatic rings. The Morgan fingerprint density at radius 1 is 1.12 bits per heavy atom. The van der Waals surface area contributed by atoms with E-state index in [0.29, 0.717) is 17.1 Å². The second kappa shape index (κ2) is 9.41. The molecule has 0 atom stereocenters. The number of nitrogens with two attached hydrogens (primary N) is 1. The third-order valence-electron chi connectivity index (χ3n) is 3.88. The number of carbonyl (C=O) groups excluding carboxylic acids is 1. The molecule has 1 saturated heterocycles. The molecule has 9 heteroatoms. The van der Waals surface area contributed by atoms with Gasteiger partial charge in [0.05, 0.1) is 11.9 Å². The van der Waals surface area contributed by atoms with Gasteiger partial charge in [0.15, 0.2) is 0 Å². The summed E-state index contributed by atoms with van der Waals surface area (Å²) in [4.78, 5) is 25.2. The number of hydrogen-bond acceptors (Lipinski definition) is 6. The van der Waals surface area contributed by atoms with Crippen molar-refractivity contribution >= 4 is 48.0 Å². The zero-order valence-corrected chi connectivity index (χ0v) is 15.5. The van der Waals surface area contributed by atoms with Crippen molar-refractivity contribution in [2.45, 2.75) is 0 Å². The quantitative estimate of drug-likeness (QED) is 0.839. The molecule has 0 saturated carbocycles. The van der Waals surface area contributed by atoms with Crippen LogP contribution in [0.3, 0.4) is 0 Å². The Hall–Kier alpha value is -2.09. The van der Waals surface area contributed by atoms with Gasteiger partial charge in [-0.15, -0.1) is 24.8 Å². The van der Waals surface area contributed by atoms with E-state index >= 15 is 0 Å². The van der Waals surface area contributed by atoms with Crippen molar-refractivity contribution in [3.63, 3.8) is 0 Å². The first-order valence-electron chi connectivity index (χ1n) is 7.54. The van der Waals surface area contributed by atoms with Crippen LogP contribution in [0.5, 0.6) is 0 Å². The second-order valence-electron chi connectivity index (χ2n) is 5.62. The molecule has 136 valence electrons. The minimum atomic E-state index is -0.186. The lowest BCUT2D eigenvalue weighted by molar-refractivity contribution is 0.102. The van der Waals surface area contributed by atoms with E-state index in [0.717, 1.165) is 32.0 Å². The van der Waals surface area contributed by atoms with Crippen LogP contribution in [-0.4, -0.2) is 54.0 Å². The van der Waals surface area contributed by atoms with Crippen LogP contribution in [0.15, 0.2) is 36.7 Å². The summed E-state index contributed by atoms with van der Waals surface area (Å²) in [5.41, 5.74) is 6.73. The summed E-state index contributed by atoms with van der Waals surface area (Å²) in [6.07, 6.45) is 3.21. The molecule has 3 rings (SSSR count). The number of anilines is 3. The highest BCUT2D eigenvalue weighted by molar-refractivity contribution is 6.04. The fourth-order valence-electron chi connectivity index (χ4n) is 2.45. The zero-order chi connectivity index (χ0) is 16.2. The minimum absolute atomic E-state index is 0. The Balaban J connectivity index is 0.00000156. The first-order valence-corrected chi connectivity index (χ1v) is 7.54. The Labute approximate surface area is 159 Å². The van der Waals surface area contributed by atoms with Gasteiger partial charge in [0.1, 0.15) is 11.6 Å². The smallest absolute Gasteiger partial charge is 0.255 e. The van der Waals surface area contributed by atoms with Crippen molar-refractivity contribution in [2.75, 3.05) is 49.2 Å². The van der Waals surface area contributed by atoms with E-state index < -0.39 is 0 Å². The van der Waals surface area contributed by atoms with Gasteiger partial charge in [-0.1, -0.05) is 0 Å². The molecule has 0 radical (unpaired) electrons. The van der Waals surface area contributed by atoms with Crippen LogP contribution in [0.4, 0.5) is 17.3 Å². The van der Waals surface area contributed by atoms with E-state index in [1.807, 2.05) is 6.07 Å². The van der Waals surface area contributed by atoms with Crippen LogP contribution in [-0.2, 0) is 0 Å². The van der Waals surface area contributed by atoms with Gasteiger partial charge in [-0.05, 0) is 31.3 Å². The van der Waals surface area contributed by atoms with Gasteiger partial charge in [-0.25, -0.2) is 9.97 Å². The number of pyridine rings is 2. The fraction of sp³-hybridized carbons (Fsp3) is 0.312. The first kappa shape index (κ1) is 21.0. The van der Waals surface area contributed by atoms with E-state index in [4.69, 9.17) is 5.73 Å². The second-order valence-corrected chi connectivity index (χ2v) is 5.62. The molecule has 0 unspecified atom stereocenters. The van der Waals surface area contributed by atoms with Crippen LogP contribution in [0.25, 0.3) is 0 Å². The highest BCUT2D eigenvalue weighted by Gasteiger charge is 2.16. The van der Waals surface area contributed by atoms with Crippen molar-refractivity contribution < 1.29 is 4.79 Å². The minimum Gasteiger partial charge on any atom is -0.384 e. The van der Waals surface area contributed by atoms with Crippen molar-refractivity contribution in [1.29, 1.82) is 0 Å². The Morgan fingerprint density at radius 3 is 2.48 bits per heavy atom. The molecule has 3 heterocycles. The van der Waals surface area contributed by atoms with Crippen LogP contribution < -0.4 is 16.0 Å². The number of likely N-dealkylation sites (N-methyl/N-ethyl adjacent to an activating group) is 1. The summed E-state index contributed by atoms with van der Waals surface area (Å²) in [7, 11) is 2.11. The van der Waals surface area contributed by atoms with Gasteiger partial charge >= 0.3 is 0 Å². The molecule has 1 amide bonds. The van der Waals surface area contributed by atoms with Crippen LogP contribution >= 0.6 is 24.8 Å². The van der Waals surface area contributed by atoms with E-state index in [-0.39, 0.29) is 30.7 Å². The number of amides is 1. The summed E-state index contributed by atoms with van der Waals surface area (Å²) in [5.74, 6) is 1.07. The summed E-state index contributed by atoms with van der Waals surface area (Å²) in [6.45, 7) is 3.82. The highest BCUT2D eigenvalue weighted by atomic mass is 35.5. The predicted molar refractivity (Wildman–Crippen MR) is 105 cm³/mol. The molecule has 0 aromatic carbocycles. The Kier molecular flexibility index (Phi) is 7.89. The van der Waals surface area contributed by atoms with Crippen molar-refractivity contribution in [1.82, 2.24) is 14.9 Å². The van der Waals surface area contributed by atoms with Crippen molar-refractivity contribution in [3.8, 4) is 0 Å². The molecule has 1 aliphatic heterocycles. The van der Waals surface area contributed by atoms with Crippen molar-refractivity contribution in [3.05, 3.63) is 42.2 Å². The number of piperazine rings is 1. The van der Waals surface area contributed by atoms with Crippen LogP contribution in [0.1, 0.15) is 10.4 Å². The van der Waals surface area contributed by atoms with E-state index in [2.05, 4.69) is 32.1 Å². The molecule has 2 aromatic heterocycles. The molecule has 0 spiro atoms. The number of aromatic nitrogens is 2. The third kappa shape index (κ3) is 5.45. The number of rotatable bonds is 3. The van der Waals surface area contributed by atoms with Gasteiger partial charge < -0.3 is 20.9 Å². The fourth-order valence-corrected chi connectivity index (χ4v) is 2.45. The van der Waals surface area contributed by atoms with Gasteiger partial charge in [0.25, 0.3) is 5.91 Å². The summed E-state index contributed by atoms with van der Waals surface area (Å²) < 4.78 is 0. The molecule has 1 aliphatic rings. The standard InChI is InChI=1S/C16H20N6O.2ClH/c1-21-6-8-22(9-7-21)15-10-12(4-5-18-15)16(23)20-13-2-3-14(17)19-11-13;;/h2-5,10-11H,6-9H2,1H3,(H2,17,19)(H,20,23);2*1H. The molecule has 0 aliphatic carbocycles. The number of halogens is 2. The number of nitrogens with zero attached hydrogens (tertiary/aromatic N) is 4. The zero-order valence-electron chi connectivity index (χ0n) is 13.9. The van der Waals surface area contributed by atoms with Crippen LogP contribution in [0.2, 0.25) is 0 Å². The topological polar surface area (TPSA) is 87.4 Å². The largest absolute Gasteiger partial charge is 0.384 e. The predicted octanol–water partition coefficient (Wildman–Crippen LogP) is 1.91. The number of hydrogen-bond donors (Lipinski definition) is 2. The van der Waals surface area contributed by atoms with Gasteiger partial charge in [0.2, 0.25) is 0 Å². The summed E-state index contributed by atoms with van der Waals surface area (Å²) in [6, 6.07) is 6.91. The number of nitrogens with one attached hydrogen (secondary N) is 1. The van der Waals surface area contributed by atoms with E-state index in [1.54, 1.807) is 24.4 Å². The van der Waals surface area contributed by atoms with E-state index in [9.17, 15) is 4.79 Å². The van der Waals surface area contributed by atoms with Gasteiger partial charge in [-0.3, -0.25) is 4.79 Å². The van der Waals surface area contributed by atoms with Crippen LogP contribution in [0, 0.1) is 0 Å². The van der Waals surface area contributed by atoms with Gasteiger partial charge in [0, 0.05) is 37.9 Å². The molecule has 25 heavy (non-hydrogen) atoms. The molecule has 7 nitrogen and oxygen atoms in total. The average molecular weight is 385 g/mol. The Morgan fingerprint density at radius 2 is 1.84 bits per heavy atom. The number of nitrogen functional groups attached to an aromatic ring is 1. The maximum atomic E-state index is 12.4. The molecular weight excluding hydrogens is 363 g/mol. The first-order chi connectivity index (χ1) is 11.1.